The highest BCUT2D eigenvalue weighted by atomic mass is 32.1. The Labute approximate surface area is 152 Å². The van der Waals surface area contributed by atoms with Crippen molar-refractivity contribution in [2.75, 3.05) is 26.3 Å². The van der Waals surface area contributed by atoms with Gasteiger partial charge in [0.15, 0.2) is 12.6 Å². The van der Waals surface area contributed by atoms with Crippen molar-refractivity contribution in [2.24, 2.45) is 9.98 Å². The summed E-state index contributed by atoms with van der Waals surface area (Å²) >= 11 is 8.97. The van der Waals surface area contributed by atoms with Gasteiger partial charge in [-0.25, -0.2) is 9.98 Å². The van der Waals surface area contributed by atoms with Gasteiger partial charge < -0.3 is 18.9 Å². The lowest BCUT2D eigenvalue weighted by Gasteiger charge is -2.17. The largest absolute Gasteiger partial charge is 0.465 e. The first-order chi connectivity index (χ1) is 11.7. The van der Waals surface area contributed by atoms with E-state index in [-0.39, 0.29) is 0 Å². The van der Waals surface area contributed by atoms with Crippen LogP contribution in [-0.4, -0.2) is 49.2 Å². The normalized spacial score (nSPS) is 12.4. The van der Waals surface area contributed by atoms with Gasteiger partial charge in [-0.15, -0.1) is 0 Å². The van der Waals surface area contributed by atoms with Crippen LogP contribution in [0.4, 0.5) is 0 Å². The van der Waals surface area contributed by atoms with E-state index in [0.717, 1.165) is 0 Å². The summed E-state index contributed by atoms with van der Waals surface area (Å²) < 4.78 is 22.2. The molecule has 0 aromatic heterocycles. The van der Waals surface area contributed by atoms with Gasteiger partial charge in [0.2, 0.25) is 0 Å². The molecule has 2 atom stereocenters. The second kappa shape index (κ2) is 12.7. The van der Waals surface area contributed by atoms with Crippen LogP contribution in [0.3, 0.4) is 0 Å². The van der Waals surface area contributed by atoms with E-state index in [4.69, 9.17) is 18.9 Å². The molecule has 0 aliphatic carbocycles. The highest BCUT2D eigenvalue weighted by Crippen LogP contribution is 2.21. The van der Waals surface area contributed by atoms with E-state index in [1.807, 2.05) is 18.2 Å². The number of thiocarbonyl (C=S) groups is 2. The van der Waals surface area contributed by atoms with Crippen LogP contribution in [0.1, 0.15) is 13.8 Å². The highest BCUT2D eigenvalue weighted by molar-refractivity contribution is 7.78. The van der Waals surface area contributed by atoms with Crippen LogP contribution in [-0.2, 0) is 9.47 Å². The zero-order valence-corrected chi connectivity index (χ0v) is 15.3. The van der Waals surface area contributed by atoms with E-state index in [1.165, 1.54) is 0 Å². The molecule has 1 aromatic carbocycles. The number of hydrogen-bond donors (Lipinski definition) is 0. The molecule has 0 aliphatic rings. The summed E-state index contributed by atoms with van der Waals surface area (Å²) in [5.41, 5.74) is 0. The minimum absolute atomic E-state index is 0.413. The average Bonchev–Trinajstić information content (AvgIpc) is 2.56. The molecule has 0 N–H and O–H groups in total. The average molecular weight is 368 g/mol. The molecule has 0 amide bonds. The summed E-state index contributed by atoms with van der Waals surface area (Å²) in [4.78, 5) is 7.54. The maximum Gasteiger partial charge on any atom is 0.197 e. The number of rotatable bonds is 12. The molecule has 0 fully saturated rings. The van der Waals surface area contributed by atoms with Crippen LogP contribution in [0.15, 0.2) is 34.3 Å². The molecule has 24 heavy (non-hydrogen) atoms. The van der Waals surface area contributed by atoms with Crippen LogP contribution in [0.5, 0.6) is 11.5 Å². The van der Waals surface area contributed by atoms with Crippen LogP contribution in [0.2, 0.25) is 0 Å². The summed E-state index contributed by atoms with van der Waals surface area (Å²) in [6, 6.07) is 7.24. The summed E-state index contributed by atoms with van der Waals surface area (Å²) in [6.07, 6.45) is -0.830. The fourth-order valence-corrected chi connectivity index (χ4v) is 1.87. The number of nitrogens with zero attached hydrogens (tertiary/aromatic N) is 2. The van der Waals surface area contributed by atoms with Crippen molar-refractivity contribution in [1.82, 2.24) is 0 Å². The fourth-order valence-electron chi connectivity index (χ4n) is 1.69. The molecule has 1 aromatic rings. The van der Waals surface area contributed by atoms with Gasteiger partial charge in [0.1, 0.15) is 11.5 Å². The predicted molar refractivity (Wildman–Crippen MR) is 98.3 cm³/mol. The van der Waals surface area contributed by atoms with Gasteiger partial charge in [0.25, 0.3) is 0 Å². The molecule has 0 radical (unpaired) electrons. The first kappa shape index (κ1) is 20.4. The third kappa shape index (κ3) is 9.47. The Morgan fingerprint density at radius 2 is 1.38 bits per heavy atom. The molecule has 2 unspecified atom stereocenters. The third-order valence-electron chi connectivity index (χ3n) is 2.65. The van der Waals surface area contributed by atoms with Crippen molar-refractivity contribution in [1.29, 1.82) is 0 Å². The SMILES string of the molecule is CC(OCCN=C=S)Oc1cccc(OC(C)OCCN=C=S)c1. The predicted octanol–water partition coefficient (Wildman–Crippen LogP) is 3.38. The molecule has 8 heteroatoms. The van der Waals surface area contributed by atoms with Gasteiger partial charge >= 0.3 is 0 Å². The maximum absolute atomic E-state index is 5.66. The minimum Gasteiger partial charge on any atom is -0.465 e. The third-order valence-corrected chi connectivity index (χ3v) is 2.91. The molecular formula is C16H20N2O4S2. The lowest BCUT2D eigenvalue weighted by molar-refractivity contribution is -0.0669. The summed E-state index contributed by atoms with van der Waals surface area (Å²) in [5, 5.41) is 4.57. The lowest BCUT2D eigenvalue weighted by Crippen LogP contribution is -2.19. The smallest absolute Gasteiger partial charge is 0.197 e. The molecule has 0 spiro atoms. The maximum atomic E-state index is 5.66. The Balaban J connectivity index is 2.41. The van der Waals surface area contributed by atoms with E-state index in [2.05, 4.69) is 44.7 Å². The fraction of sp³-hybridized carbons (Fsp3) is 0.500. The van der Waals surface area contributed by atoms with Crippen LogP contribution < -0.4 is 9.47 Å². The summed E-state index contributed by atoms with van der Waals surface area (Å²) in [5.74, 6) is 1.27. The first-order valence-electron chi connectivity index (χ1n) is 7.39. The second-order valence-electron chi connectivity index (χ2n) is 4.53. The van der Waals surface area contributed by atoms with E-state index in [9.17, 15) is 0 Å². The minimum atomic E-state index is -0.415. The molecule has 0 saturated carbocycles. The van der Waals surface area contributed by atoms with Gasteiger partial charge in [-0.05, 0) is 50.4 Å². The molecule has 1 rings (SSSR count). The van der Waals surface area contributed by atoms with Gasteiger partial charge in [-0.3, -0.25) is 0 Å². The van der Waals surface area contributed by atoms with Crippen LogP contribution >= 0.6 is 24.4 Å². The number of benzene rings is 1. The van der Waals surface area contributed by atoms with Crippen LogP contribution in [0, 0.1) is 0 Å². The number of isothiocyanates is 2. The Morgan fingerprint density at radius 1 is 0.917 bits per heavy atom. The number of hydrogen-bond acceptors (Lipinski definition) is 8. The Kier molecular flexibility index (Phi) is 10.8. The molecule has 6 nitrogen and oxygen atoms in total. The van der Waals surface area contributed by atoms with Crippen molar-refractivity contribution < 1.29 is 18.9 Å². The van der Waals surface area contributed by atoms with E-state index >= 15 is 0 Å². The van der Waals surface area contributed by atoms with Gasteiger partial charge in [-0.2, -0.15) is 0 Å². The molecule has 130 valence electrons. The topological polar surface area (TPSA) is 61.6 Å². The first-order valence-corrected chi connectivity index (χ1v) is 8.21. The zero-order chi connectivity index (χ0) is 17.6. The Bertz CT molecular complexity index is 540. The quantitative estimate of drug-likeness (QED) is 0.244. The second-order valence-corrected chi connectivity index (χ2v) is 4.90. The van der Waals surface area contributed by atoms with Crippen molar-refractivity contribution in [3.05, 3.63) is 24.3 Å². The van der Waals surface area contributed by atoms with E-state index < -0.39 is 12.6 Å². The lowest BCUT2D eigenvalue weighted by atomic mass is 10.3. The Morgan fingerprint density at radius 3 is 1.79 bits per heavy atom. The van der Waals surface area contributed by atoms with Gasteiger partial charge in [0, 0.05) is 6.07 Å². The standard InChI is InChI=1S/C16H20N2O4S2/c1-13(19-8-6-17-11-23)21-15-4-3-5-16(10-15)22-14(2)20-9-7-18-12-24/h3-5,10,13-14H,6-9H2,1-2H3. The van der Waals surface area contributed by atoms with Crippen molar-refractivity contribution in [3.8, 4) is 11.5 Å². The number of ether oxygens (including phenoxy) is 4. The van der Waals surface area contributed by atoms with Crippen molar-refractivity contribution in [3.63, 3.8) is 0 Å². The van der Waals surface area contributed by atoms with E-state index in [1.54, 1.807) is 19.9 Å². The molecule has 0 heterocycles. The Hall–Kier alpha value is -1.66. The zero-order valence-electron chi connectivity index (χ0n) is 13.6. The molecule has 0 saturated heterocycles. The summed E-state index contributed by atoms with van der Waals surface area (Å²) in [7, 11) is 0. The van der Waals surface area contributed by atoms with Crippen molar-refractivity contribution >= 4 is 34.8 Å². The molecule has 0 aliphatic heterocycles. The summed E-state index contributed by atoms with van der Waals surface area (Å²) in [6.45, 7) is 5.35. The van der Waals surface area contributed by atoms with Crippen molar-refractivity contribution in [2.45, 2.75) is 26.4 Å². The number of aliphatic imine (C=N–C) groups is 2. The van der Waals surface area contributed by atoms with Gasteiger partial charge in [0.05, 0.1) is 36.6 Å². The molecule has 0 bridgehead atoms. The highest BCUT2D eigenvalue weighted by Gasteiger charge is 2.07. The molecular weight excluding hydrogens is 348 g/mol. The van der Waals surface area contributed by atoms with Crippen LogP contribution in [0.25, 0.3) is 0 Å². The van der Waals surface area contributed by atoms with Gasteiger partial charge in [-0.1, -0.05) is 6.07 Å². The monoisotopic (exact) mass is 368 g/mol. The van der Waals surface area contributed by atoms with E-state index in [0.29, 0.717) is 37.8 Å².